The number of aromatic amines is 1. The lowest BCUT2D eigenvalue weighted by Gasteiger charge is -2.26. The van der Waals surface area contributed by atoms with Crippen LogP contribution < -0.4 is 27.4 Å². The number of hydrogen-bond acceptors (Lipinski definition) is 7. The van der Waals surface area contributed by atoms with Gasteiger partial charge in [0.1, 0.15) is 18.1 Å². The predicted molar refractivity (Wildman–Crippen MR) is 134 cm³/mol. The Morgan fingerprint density at radius 1 is 0.895 bits per heavy atom. The lowest BCUT2D eigenvalue weighted by atomic mass is 10.00. The van der Waals surface area contributed by atoms with Crippen LogP contribution in [0.5, 0.6) is 0 Å². The number of para-hydroxylation sites is 1. The summed E-state index contributed by atoms with van der Waals surface area (Å²) in [6.45, 7) is 3.24. The Kier molecular flexibility index (Phi) is 10.3. The lowest BCUT2D eigenvalue weighted by Crippen LogP contribution is -2.59. The zero-order valence-corrected chi connectivity index (χ0v) is 20.9. The number of amides is 4. The SMILES string of the molecule is CC(C)C(NC(=O)C(N)CC(=O)O)C(=O)NC(Cc1c[nH]c2ccccc12)C(=O)NC(CC(N)=O)C(=O)O. The van der Waals surface area contributed by atoms with Gasteiger partial charge in [0, 0.05) is 23.5 Å². The van der Waals surface area contributed by atoms with Crippen molar-refractivity contribution in [2.24, 2.45) is 17.4 Å². The number of nitrogens with one attached hydrogen (secondary N) is 4. The molecule has 4 atom stereocenters. The summed E-state index contributed by atoms with van der Waals surface area (Å²) in [4.78, 5) is 75.5. The minimum absolute atomic E-state index is 0.0677. The number of aromatic nitrogens is 1. The number of carbonyl (C=O) groups is 6. The highest BCUT2D eigenvalue weighted by atomic mass is 16.4. The molecule has 4 unspecified atom stereocenters. The Labute approximate surface area is 217 Å². The molecular weight excluding hydrogens is 500 g/mol. The summed E-state index contributed by atoms with van der Waals surface area (Å²) in [6.07, 6.45) is 0.255. The molecule has 206 valence electrons. The number of nitrogens with two attached hydrogens (primary N) is 2. The van der Waals surface area contributed by atoms with Gasteiger partial charge in [-0.2, -0.15) is 0 Å². The van der Waals surface area contributed by atoms with Gasteiger partial charge in [0.15, 0.2) is 0 Å². The highest BCUT2D eigenvalue weighted by Crippen LogP contribution is 2.19. The summed E-state index contributed by atoms with van der Waals surface area (Å²) in [5.74, 6) is -6.77. The molecule has 1 aromatic heterocycles. The topological polar surface area (TPSA) is 247 Å². The van der Waals surface area contributed by atoms with E-state index in [1.165, 1.54) is 0 Å². The van der Waals surface area contributed by atoms with Crippen LogP contribution >= 0.6 is 0 Å². The molecule has 0 radical (unpaired) electrons. The van der Waals surface area contributed by atoms with Crippen LogP contribution in [0.2, 0.25) is 0 Å². The molecule has 0 fully saturated rings. The third-order valence-corrected chi connectivity index (χ3v) is 5.73. The molecule has 1 aromatic carbocycles. The normalized spacial score (nSPS) is 14.2. The van der Waals surface area contributed by atoms with Gasteiger partial charge in [0.25, 0.3) is 0 Å². The van der Waals surface area contributed by atoms with Crippen LogP contribution in [0.15, 0.2) is 30.5 Å². The molecule has 14 nitrogen and oxygen atoms in total. The molecule has 10 N–H and O–H groups in total. The van der Waals surface area contributed by atoms with Gasteiger partial charge >= 0.3 is 11.9 Å². The Morgan fingerprint density at radius 2 is 1.53 bits per heavy atom. The largest absolute Gasteiger partial charge is 0.481 e. The maximum atomic E-state index is 13.2. The minimum Gasteiger partial charge on any atom is -0.481 e. The van der Waals surface area contributed by atoms with E-state index in [1.54, 1.807) is 38.2 Å². The number of aliphatic carboxylic acids is 2. The van der Waals surface area contributed by atoms with Crippen molar-refractivity contribution in [2.75, 3.05) is 0 Å². The number of carbonyl (C=O) groups excluding carboxylic acids is 4. The van der Waals surface area contributed by atoms with Crippen LogP contribution in [0.4, 0.5) is 0 Å². The van der Waals surface area contributed by atoms with Crippen molar-refractivity contribution in [3.05, 3.63) is 36.0 Å². The van der Waals surface area contributed by atoms with Crippen molar-refractivity contribution in [3.8, 4) is 0 Å². The Bertz CT molecular complexity index is 1210. The van der Waals surface area contributed by atoms with E-state index in [0.29, 0.717) is 5.56 Å². The first-order valence-electron chi connectivity index (χ1n) is 11.7. The van der Waals surface area contributed by atoms with Gasteiger partial charge in [-0.3, -0.25) is 24.0 Å². The Morgan fingerprint density at radius 3 is 2.11 bits per heavy atom. The van der Waals surface area contributed by atoms with E-state index in [4.69, 9.17) is 16.6 Å². The molecule has 1 heterocycles. The summed E-state index contributed by atoms with van der Waals surface area (Å²) in [7, 11) is 0. The number of rotatable bonds is 14. The average molecular weight is 533 g/mol. The summed E-state index contributed by atoms with van der Waals surface area (Å²) in [5, 5.41) is 26.2. The third kappa shape index (κ3) is 8.30. The standard InChI is InChI=1S/C24H32N6O8/c1-11(2)20(30-21(34)14(25)8-19(32)33)23(36)28-16(22(35)29-17(24(37)38)9-18(26)31)7-12-10-27-15-6-4-3-5-13(12)15/h3-6,10-11,14,16-17,20,27H,7-9,25H2,1-2H3,(H2,26,31)(H,28,36)(H,29,35)(H,30,34)(H,32,33)(H,37,38). The summed E-state index contributed by atoms with van der Waals surface area (Å²) in [5.41, 5.74) is 12.1. The second kappa shape index (κ2) is 13.2. The summed E-state index contributed by atoms with van der Waals surface area (Å²) < 4.78 is 0. The van der Waals surface area contributed by atoms with Crippen molar-refractivity contribution in [2.45, 2.75) is 57.3 Å². The number of primary amides is 1. The molecule has 0 saturated carbocycles. The van der Waals surface area contributed by atoms with Crippen LogP contribution in [0.1, 0.15) is 32.3 Å². The monoisotopic (exact) mass is 532 g/mol. The van der Waals surface area contributed by atoms with Crippen molar-refractivity contribution in [1.82, 2.24) is 20.9 Å². The van der Waals surface area contributed by atoms with Gasteiger partial charge in [0.05, 0.1) is 18.9 Å². The number of hydrogen-bond donors (Lipinski definition) is 8. The molecule has 2 rings (SSSR count). The Hall–Kier alpha value is -4.46. The molecule has 4 amide bonds. The van der Waals surface area contributed by atoms with E-state index in [9.17, 15) is 33.9 Å². The fourth-order valence-electron chi connectivity index (χ4n) is 3.74. The second-order valence-corrected chi connectivity index (χ2v) is 9.13. The molecule has 0 aliphatic carbocycles. The number of carboxylic acids is 2. The van der Waals surface area contributed by atoms with Gasteiger partial charge in [-0.1, -0.05) is 32.0 Å². The Balaban J connectivity index is 2.31. The second-order valence-electron chi connectivity index (χ2n) is 9.13. The molecule has 0 aliphatic rings. The van der Waals surface area contributed by atoms with E-state index in [0.717, 1.165) is 10.9 Å². The molecule has 14 heteroatoms. The van der Waals surface area contributed by atoms with Crippen molar-refractivity contribution in [1.29, 1.82) is 0 Å². The number of carboxylic acid groups (broad SMARTS) is 2. The van der Waals surface area contributed by atoms with E-state index < -0.39 is 78.5 Å². The average Bonchev–Trinajstić information content (AvgIpc) is 3.23. The summed E-state index contributed by atoms with van der Waals surface area (Å²) in [6, 6.07) is 1.65. The molecular formula is C24H32N6O8. The van der Waals surface area contributed by atoms with Crippen LogP contribution in [0.25, 0.3) is 10.9 Å². The van der Waals surface area contributed by atoms with Crippen molar-refractivity contribution >= 4 is 46.5 Å². The quantitative estimate of drug-likeness (QED) is 0.142. The van der Waals surface area contributed by atoms with Gasteiger partial charge < -0.3 is 42.6 Å². The third-order valence-electron chi connectivity index (χ3n) is 5.73. The van der Waals surface area contributed by atoms with Crippen molar-refractivity contribution in [3.63, 3.8) is 0 Å². The smallest absolute Gasteiger partial charge is 0.326 e. The van der Waals surface area contributed by atoms with Gasteiger partial charge in [0.2, 0.25) is 23.6 Å². The molecule has 0 saturated heterocycles. The first kappa shape index (κ1) is 29.8. The zero-order chi connectivity index (χ0) is 28.6. The minimum atomic E-state index is -1.63. The molecule has 0 spiro atoms. The summed E-state index contributed by atoms with van der Waals surface area (Å²) >= 11 is 0. The van der Waals surface area contributed by atoms with Crippen molar-refractivity contribution < 1.29 is 39.0 Å². The van der Waals surface area contributed by atoms with E-state index in [1.807, 2.05) is 6.07 Å². The molecule has 2 aromatic rings. The maximum Gasteiger partial charge on any atom is 0.326 e. The fourth-order valence-corrected chi connectivity index (χ4v) is 3.74. The molecule has 0 aliphatic heterocycles. The fraction of sp³-hybridized carbons (Fsp3) is 0.417. The van der Waals surface area contributed by atoms with E-state index >= 15 is 0 Å². The van der Waals surface area contributed by atoms with Crippen LogP contribution in [-0.4, -0.2) is 74.9 Å². The first-order valence-corrected chi connectivity index (χ1v) is 11.7. The molecule has 38 heavy (non-hydrogen) atoms. The highest BCUT2D eigenvalue weighted by molar-refractivity contribution is 5.96. The first-order chi connectivity index (χ1) is 17.8. The van der Waals surface area contributed by atoms with Crippen LogP contribution in [-0.2, 0) is 35.2 Å². The number of fused-ring (bicyclic) bond motifs is 1. The van der Waals surface area contributed by atoms with Gasteiger partial charge in [-0.05, 0) is 17.5 Å². The van der Waals surface area contributed by atoms with Crippen LogP contribution in [0.3, 0.4) is 0 Å². The van der Waals surface area contributed by atoms with Gasteiger partial charge in [-0.15, -0.1) is 0 Å². The number of H-pyrrole nitrogens is 1. The van der Waals surface area contributed by atoms with Gasteiger partial charge in [-0.25, -0.2) is 4.79 Å². The molecule has 0 bridgehead atoms. The van der Waals surface area contributed by atoms with Crippen LogP contribution in [0, 0.1) is 5.92 Å². The highest BCUT2D eigenvalue weighted by Gasteiger charge is 2.33. The predicted octanol–water partition coefficient (Wildman–Crippen LogP) is -1.42. The number of benzene rings is 1. The van der Waals surface area contributed by atoms with E-state index in [2.05, 4.69) is 20.9 Å². The lowest BCUT2D eigenvalue weighted by molar-refractivity contribution is -0.143. The van der Waals surface area contributed by atoms with E-state index in [-0.39, 0.29) is 6.42 Å². The zero-order valence-electron chi connectivity index (χ0n) is 20.9. The maximum absolute atomic E-state index is 13.2.